The molecule has 0 radical (unpaired) electrons. The summed E-state index contributed by atoms with van der Waals surface area (Å²) in [4.78, 5) is 69.0. The van der Waals surface area contributed by atoms with Crippen LogP contribution in [0.15, 0.2) is 0 Å². The first kappa shape index (κ1) is 45.9. The van der Waals surface area contributed by atoms with Gasteiger partial charge >= 0.3 is 26.2 Å². The molecule has 0 aromatic heterocycles. The van der Waals surface area contributed by atoms with Crippen LogP contribution in [0.4, 0.5) is 0 Å². The van der Waals surface area contributed by atoms with E-state index in [1.165, 1.54) is 0 Å². The molecule has 0 saturated heterocycles. The molecule has 236 valence electrons. The molecule has 0 N–H and O–H groups in total. The van der Waals surface area contributed by atoms with E-state index in [2.05, 4.69) is 0 Å². The molecule has 40 heavy (non-hydrogen) atoms. The zero-order valence-corrected chi connectivity index (χ0v) is 34.8. The van der Waals surface area contributed by atoms with Crippen molar-refractivity contribution in [2.45, 2.75) is 144 Å². The van der Waals surface area contributed by atoms with Crippen LogP contribution in [-0.2, 0) is 28.8 Å². The molecule has 0 amide bonds. The van der Waals surface area contributed by atoms with Gasteiger partial charge in [0.1, 0.15) is 34.7 Å². The van der Waals surface area contributed by atoms with Gasteiger partial charge in [0.15, 0.2) is 0 Å². The summed E-state index contributed by atoms with van der Waals surface area (Å²) in [6, 6.07) is 0. The predicted molar refractivity (Wildman–Crippen MR) is 171 cm³/mol. The Hall–Kier alpha value is -1.10. The number of hydrogen-bond acceptors (Lipinski definition) is 6. The molecule has 6 nitrogen and oxygen atoms in total. The normalized spacial score (nSPS) is 12.4. The Morgan fingerprint density at radius 3 is 0.400 bits per heavy atom. The van der Waals surface area contributed by atoms with Gasteiger partial charge < -0.3 is 0 Å². The van der Waals surface area contributed by atoms with Gasteiger partial charge in [0.05, 0.1) is 19.3 Å². The van der Waals surface area contributed by atoms with Crippen molar-refractivity contribution in [2.75, 3.05) is 0 Å². The number of Topliss-reactive ketones (excluding diaryl/α,β-unsaturated/α-hetero) is 6. The van der Waals surface area contributed by atoms with Crippen LogP contribution >= 0.6 is 0 Å². The van der Waals surface area contributed by atoms with Gasteiger partial charge in [-0.05, 0) is 0 Å². The van der Waals surface area contributed by atoms with E-state index in [1.54, 1.807) is 0 Å². The molecule has 0 heterocycles. The van der Waals surface area contributed by atoms with Gasteiger partial charge in [0.25, 0.3) is 0 Å². The van der Waals surface area contributed by atoms with Crippen molar-refractivity contribution in [3.8, 4) is 0 Å². The SMILES string of the molecule is CC(C)(C)C(=O)CC(=O)C(C)(C)C.CC(C)(C)C(=O)CC(=O)C(C)(C)C.CC(C)(C)C(=O)CC(=O)C(C)(C)C.[BiH3]. The second kappa shape index (κ2) is 16.5. The van der Waals surface area contributed by atoms with Gasteiger partial charge in [0, 0.05) is 32.5 Å². The van der Waals surface area contributed by atoms with Crippen LogP contribution in [0.2, 0.25) is 0 Å². The van der Waals surface area contributed by atoms with Crippen LogP contribution in [0, 0.1) is 32.5 Å². The Morgan fingerprint density at radius 2 is 0.350 bits per heavy atom. The van der Waals surface area contributed by atoms with Gasteiger partial charge in [-0.3, -0.25) is 28.8 Å². The number of ketones is 6. The molecular weight excluding hydrogens is 701 g/mol. The van der Waals surface area contributed by atoms with Gasteiger partial charge in [0.2, 0.25) is 0 Å². The average Bonchev–Trinajstić information content (AvgIpc) is 2.64. The summed E-state index contributed by atoms with van der Waals surface area (Å²) in [6.07, 6.45) is 0.187. The van der Waals surface area contributed by atoms with E-state index in [4.69, 9.17) is 0 Å². The van der Waals surface area contributed by atoms with Crippen LogP contribution in [0.1, 0.15) is 144 Å². The predicted octanol–water partition coefficient (Wildman–Crippen LogP) is 6.64. The number of carbonyl (C=O) groups is 6. The van der Waals surface area contributed by atoms with E-state index in [0.717, 1.165) is 0 Å². The summed E-state index contributed by atoms with van der Waals surface area (Å²) in [5.74, 6) is 0.125. The van der Waals surface area contributed by atoms with Crippen LogP contribution in [-0.4, -0.2) is 60.9 Å². The standard InChI is InChI=1S/3C11H20O2.Bi.3H/c3*1-10(2,3)8(12)7-9(13)11(4,5)6;;;;/h3*7H2,1-6H3;;;;. The summed E-state index contributed by atoms with van der Waals surface area (Å²) in [5.41, 5.74) is -2.41. The van der Waals surface area contributed by atoms with Gasteiger partial charge in [-0.2, -0.15) is 0 Å². The minimum absolute atomic E-state index is 0. The molecule has 0 aromatic carbocycles. The topological polar surface area (TPSA) is 102 Å². The van der Waals surface area contributed by atoms with Crippen molar-refractivity contribution in [3.05, 3.63) is 0 Å². The van der Waals surface area contributed by atoms with E-state index in [9.17, 15) is 28.8 Å². The molecule has 0 saturated carbocycles. The average molecular weight is 765 g/mol. The summed E-state index contributed by atoms with van der Waals surface area (Å²) in [7, 11) is 0. The number of carbonyl (C=O) groups excluding carboxylic acids is 6. The van der Waals surface area contributed by atoms with Gasteiger partial charge in [-0.15, -0.1) is 0 Å². The zero-order valence-electron chi connectivity index (χ0n) is 29.3. The zero-order chi connectivity index (χ0) is 32.6. The van der Waals surface area contributed by atoms with E-state index in [1.807, 2.05) is 125 Å². The number of rotatable bonds is 6. The van der Waals surface area contributed by atoms with Gasteiger partial charge in [-0.25, -0.2) is 0 Å². The minimum atomic E-state index is -0.402. The van der Waals surface area contributed by atoms with Crippen LogP contribution in [0.3, 0.4) is 0 Å². The van der Waals surface area contributed by atoms with E-state index in [-0.39, 0.29) is 80.2 Å². The molecule has 0 aliphatic rings. The molecule has 0 unspecified atom stereocenters. The van der Waals surface area contributed by atoms with Crippen LogP contribution < -0.4 is 0 Å². The second-order valence-electron chi connectivity index (χ2n) is 16.6. The Balaban J connectivity index is -0.000000240. The maximum atomic E-state index is 11.5. The van der Waals surface area contributed by atoms with Crippen molar-refractivity contribution in [1.29, 1.82) is 0 Å². The van der Waals surface area contributed by atoms with Crippen molar-refractivity contribution < 1.29 is 28.8 Å². The Kier molecular flexibility index (Phi) is 18.9. The molecule has 0 aliphatic heterocycles. The van der Waals surface area contributed by atoms with Crippen molar-refractivity contribution >= 4 is 60.9 Å². The molecule has 0 aliphatic carbocycles. The first-order valence-electron chi connectivity index (χ1n) is 13.8. The fourth-order valence-corrected chi connectivity index (χ4v) is 2.03. The van der Waals surface area contributed by atoms with E-state index < -0.39 is 32.5 Å². The Labute approximate surface area is 265 Å². The van der Waals surface area contributed by atoms with Crippen molar-refractivity contribution in [1.82, 2.24) is 0 Å². The third kappa shape index (κ3) is 21.6. The Morgan fingerprint density at radius 1 is 0.275 bits per heavy atom. The quantitative estimate of drug-likeness (QED) is 0.222. The third-order valence-corrected chi connectivity index (χ3v) is 5.98. The number of hydrogen-bond donors (Lipinski definition) is 0. The molecular formula is C33H63BiO6. The molecule has 0 rings (SSSR count). The van der Waals surface area contributed by atoms with Crippen molar-refractivity contribution in [2.24, 2.45) is 32.5 Å². The summed E-state index contributed by atoms with van der Waals surface area (Å²) >= 11 is 0. The second-order valence-corrected chi connectivity index (χ2v) is 16.6. The van der Waals surface area contributed by atoms with Gasteiger partial charge in [-0.1, -0.05) is 125 Å². The maximum absolute atomic E-state index is 11.5. The summed E-state index contributed by atoms with van der Waals surface area (Å²) in [5, 5.41) is 0. The molecule has 0 spiro atoms. The fourth-order valence-electron chi connectivity index (χ4n) is 2.03. The fraction of sp³-hybridized carbons (Fsp3) is 0.818. The monoisotopic (exact) mass is 764 g/mol. The first-order chi connectivity index (χ1) is 16.6. The third-order valence-electron chi connectivity index (χ3n) is 5.98. The van der Waals surface area contributed by atoms with E-state index in [0.29, 0.717) is 0 Å². The van der Waals surface area contributed by atoms with Crippen LogP contribution in [0.5, 0.6) is 0 Å². The molecule has 7 heteroatoms. The van der Waals surface area contributed by atoms with Crippen LogP contribution in [0.25, 0.3) is 0 Å². The molecule has 0 atom stereocenters. The molecule has 0 fully saturated rings. The summed E-state index contributed by atoms with van der Waals surface area (Å²) < 4.78 is 0. The van der Waals surface area contributed by atoms with Crippen molar-refractivity contribution in [3.63, 3.8) is 0 Å². The first-order valence-corrected chi connectivity index (χ1v) is 13.8. The van der Waals surface area contributed by atoms with E-state index >= 15 is 0 Å². The summed E-state index contributed by atoms with van der Waals surface area (Å²) in [6.45, 7) is 33.1. The molecule has 0 bridgehead atoms. The Bertz CT molecular complexity index is 693. The molecule has 0 aromatic rings.